The van der Waals surface area contributed by atoms with Gasteiger partial charge in [-0.15, -0.1) is 0 Å². The van der Waals surface area contributed by atoms with E-state index in [1.807, 2.05) is 0 Å². The molecule has 0 spiro atoms. The number of carbonyl (C=O) groups is 1. The van der Waals surface area contributed by atoms with Crippen molar-refractivity contribution in [3.63, 3.8) is 0 Å². The molecule has 1 aromatic heterocycles. The van der Waals surface area contributed by atoms with E-state index in [1.54, 1.807) is 19.1 Å². The number of nitrogens with zero attached hydrogens (tertiary/aromatic N) is 1. The molecule has 98 valence electrons. The van der Waals surface area contributed by atoms with Gasteiger partial charge in [0, 0.05) is 6.54 Å². The Bertz CT molecular complexity index is 573. The van der Waals surface area contributed by atoms with Gasteiger partial charge in [-0.05, 0) is 25.1 Å². The Labute approximate surface area is 106 Å². The monoisotopic (exact) mass is 269 g/mol. The predicted molar refractivity (Wildman–Crippen MR) is 66.7 cm³/mol. The average Bonchev–Trinajstić information content (AvgIpc) is 2.74. The van der Waals surface area contributed by atoms with Crippen molar-refractivity contribution in [2.75, 3.05) is 18.1 Å². The SMILES string of the molecule is C=CC(=O)N1CCS(=O)(=O)CC1c1ccc(C)o1. The molecule has 0 N–H and O–H groups in total. The lowest BCUT2D eigenvalue weighted by molar-refractivity contribution is -0.128. The second-order valence-corrected chi connectivity index (χ2v) is 6.54. The van der Waals surface area contributed by atoms with Crippen LogP contribution >= 0.6 is 0 Å². The van der Waals surface area contributed by atoms with Crippen LogP contribution in [-0.4, -0.2) is 37.3 Å². The van der Waals surface area contributed by atoms with E-state index in [0.717, 1.165) is 0 Å². The van der Waals surface area contributed by atoms with Crippen LogP contribution in [0.15, 0.2) is 29.2 Å². The van der Waals surface area contributed by atoms with Crippen molar-refractivity contribution in [2.24, 2.45) is 0 Å². The Morgan fingerprint density at radius 1 is 1.56 bits per heavy atom. The van der Waals surface area contributed by atoms with Gasteiger partial charge in [-0.25, -0.2) is 8.42 Å². The van der Waals surface area contributed by atoms with Gasteiger partial charge in [0.25, 0.3) is 0 Å². The molecule has 0 saturated carbocycles. The maximum atomic E-state index is 11.7. The van der Waals surface area contributed by atoms with E-state index >= 15 is 0 Å². The zero-order valence-electron chi connectivity index (χ0n) is 10.1. The fourth-order valence-electron chi connectivity index (χ4n) is 2.06. The molecule has 0 aromatic carbocycles. The topological polar surface area (TPSA) is 67.6 Å². The highest BCUT2D eigenvalue weighted by Crippen LogP contribution is 2.28. The van der Waals surface area contributed by atoms with Crippen LogP contribution in [0.2, 0.25) is 0 Å². The van der Waals surface area contributed by atoms with E-state index in [0.29, 0.717) is 11.5 Å². The first-order valence-electron chi connectivity index (χ1n) is 5.63. The summed E-state index contributed by atoms with van der Waals surface area (Å²) in [5.74, 6) is 0.816. The van der Waals surface area contributed by atoms with Gasteiger partial charge in [0.1, 0.15) is 17.6 Å². The van der Waals surface area contributed by atoms with E-state index in [1.165, 1.54) is 11.0 Å². The van der Waals surface area contributed by atoms with Gasteiger partial charge in [0.15, 0.2) is 9.84 Å². The number of carbonyl (C=O) groups excluding carboxylic acids is 1. The van der Waals surface area contributed by atoms with E-state index in [-0.39, 0.29) is 24.0 Å². The molecule has 2 heterocycles. The van der Waals surface area contributed by atoms with Crippen LogP contribution < -0.4 is 0 Å². The highest BCUT2D eigenvalue weighted by Gasteiger charge is 2.35. The van der Waals surface area contributed by atoms with E-state index in [2.05, 4.69) is 6.58 Å². The zero-order valence-corrected chi connectivity index (χ0v) is 10.9. The Kier molecular flexibility index (Phi) is 3.30. The van der Waals surface area contributed by atoms with Crippen LogP contribution in [0.1, 0.15) is 17.6 Å². The Morgan fingerprint density at radius 3 is 2.83 bits per heavy atom. The van der Waals surface area contributed by atoms with Crippen LogP contribution in [0.5, 0.6) is 0 Å². The minimum Gasteiger partial charge on any atom is -0.464 e. The quantitative estimate of drug-likeness (QED) is 0.753. The Morgan fingerprint density at radius 2 is 2.28 bits per heavy atom. The summed E-state index contributed by atoms with van der Waals surface area (Å²) in [4.78, 5) is 13.2. The molecular formula is C12H15NO4S. The molecule has 2 rings (SSSR count). The summed E-state index contributed by atoms with van der Waals surface area (Å²) in [6.45, 7) is 5.39. The van der Waals surface area contributed by atoms with E-state index in [4.69, 9.17) is 4.42 Å². The Hall–Kier alpha value is -1.56. The van der Waals surface area contributed by atoms with Crippen LogP contribution in [-0.2, 0) is 14.6 Å². The van der Waals surface area contributed by atoms with Crippen LogP contribution in [0.25, 0.3) is 0 Å². The second kappa shape index (κ2) is 4.61. The number of furan rings is 1. The molecule has 1 aliphatic rings. The third-order valence-corrected chi connectivity index (χ3v) is 4.61. The zero-order chi connectivity index (χ0) is 13.3. The Balaban J connectivity index is 2.36. The van der Waals surface area contributed by atoms with Gasteiger partial charge in [-0.2, -0.15) is 0 Å². The molecule has 6 heteroatoms. The van der Waals surface area contributed by atoms with Crippen molar-refractivity contribution in [2.45, 2.75) is 13.0 Å². The van der Waals surface area contributed by atoms with Gasteiger partial charge >= 0.3 is 0 Å². The molecule has 0 bridgehead atoms. The highest BCUT2D eigenvalue weighted by atomic mass is 32.2. The van der Waals surface area contributed by atoms with Crippen molar-refractivity contribution >= 4 is 15.7 Å². The maximum Gasteiger partial charge on any atom is 0.246 e. The van der Waals surface area contributed by atoms with Crippen LogP contribution in [0.3, 0.4) is 0 Å². The fraction of sp³-hybridized carbons (Fsp3) is 0.417. The van der Waals surface area contributed by atoms with E-state index < -0.39 is 15.9 Å². The summed E-state index contributed by atoms with van der Waals surface area (Å²) in [6.07, 6.45) is 1.20. The normalized spacial score (nSPS) is 22.7. The molecule has 1 fully saturated rings. The number of amides is 1. The number of aryl methyl sites for hydroxylation is 1. The second-order valence-electron chi connectivity index (χ2n) is 4.31. The number of hydrogen-bond acceptors (Lipinski definition) is 4. The number of rotatable bonds is 2. The number of hydrogen-bond donors (Lipinski definition) is 0. The predicted octanol–water partition coefficient (Wildman–Crippen LogP) is 1.07. The van der Waals surface area contributed by atoms with Crippen molar-refractivity contribution in [1.82, 2.24) is 4.90 Å². The van der Waals surface area contributed by atoms with Crippen LogP contribution in [0.4, 0.5) is 0 Å². The maximum absolute atomic E-state index is 11.7. The molecule has 1 amide bonds. The smallest absolute Gasteiger partial charge is 0.246 e. The fourth-order valence-corrected chi connectivity index (χ4v) is 3.52. The van der Waals surface area contributed by atoms with Gasteiger partial charge < -0.3 is 9.32 Å². The summed E-state index contributed by atoms with van der Waals surface area (Å²) in [5.41, 5.74) is 0. The lowest BCUT2D eigenvalue weighted by atomic mass is 10.2. The number of sulfone groups is 1. The molecule has 1 aromatic rings. The van der Waals surface area contributed by atoms with Gasteiger partial charge in [-0.1, -0.05) is 6.58 Å². The first-order valence-corrected chi connectivity index (χ1v) is 7.45. The minimum absolute atomic E-state index is 0.0111. The van der Waals surface area contributed by atoms with Gasteiger partial charge in [0.05, 0.1) is 11.5 Å². The summed E-state index contributed by atoms with van der Waals surface area (Å²) in [6, 6.07) is 2.92. The highest BCUT2D eigenvalue weighted by molar-refractivity contribution is 7.91. The molecule has 5 nitrogen and oxygen atoms in total. The molecule has 1 unspecified atom stereocenters. The van der Waals surface area contributed by atoms with E-state index in [9.17, 15) is 13.2 Å². The third-order valence-electron chi connectivity index (χ3n) is 2.98. The molecule has 0 radical (unpaired) electrons. The third kappa shape index (κ3) is 2.48. The minimum atomic E-state index is -3.13. The van der Waals surface area contributed by atoms with Crippen molar-refractivity contribution in [3.05, 3.63) is 36.3 Å². The van der Waals surface area contributed by atoms with Crippen LogP contribution in [0, 0.1) is 6.92 Å². The molecule has 18 heavy (non-hydrogen) atoms. The average molecular weight is 269 g/mol. The first-order chi connectivity index (χ1) is 8.43. The summed E-state index contributed by atoms with van der Waals surface area (Å²) in [5, 5.41) is 0. The molecule has 1 saturated heterocycles. The molecular weight excluding hydrogens is 254 g/mol. The van der Waals surface area contributed by atoms with Gasteiger partial charge in [-0.3, -0.25) is 4.79 Å². The van der Waals surface area contributed by atoms with Crippen molar-refractivity contribution in [3.8, 4) is 0 Å². The van der Waals surface area contributed by atoms with Gasteiger partial charge in [0.2, 0.25) is 5.91 Å². The molecule has 1 atom stereocenters. The summed E-state index contributed by atoms with van der Waals surface area (Å²) >= 11 is 0. The molecule has 0 aliphatic carbocycles. The summed E-state index contributed by atoms with van der Waals surface area (Å²) in [7, 11) is -3.13. The lowest BCUT2D eigenvalue weighted by Crippen LogP contribution is -2.45. The molecule has 1 aliphatic heterocycles. The first kappa shape index (κ1) is 12.9. The van der Waals surface area contributed by atoms with Crippen molar-refractivity contribution in [1.29, 1.82) is 0 Å². The summed E-state index contributed by atoms with van der Waals surface area (Å²) < 4.78 is 28.8. The lowest BCUT2D eigenvalue weighted by Gasteiger charge is -2.33. The largest absolute Gasteiger partial charge is 0.464 e. The van der Waals surface area contributed by atoms with Crippen molar-refractivity contribution < 1.29 is 17.6 Å². The standard InChI is InChI=1S/C12H15NO4S/c1-3-12(14)13-6-7-18(15,16)8-10(13)11-5-4-9(2)17-11/h3-5,10H,1,6-8H2,2H3.